The molecule has 0 fully saturated rings. The summed E-state index contributed by atoms with van der Waals surface area (Å²) < 4.78 is 0. The highest BCUT2D eigenvalue weighted by molar-refractivity contribution is 6.09. The molecule has 108 valence electrons. The lowest BCUT2D eigenvalue weighted by Gasteiger charge is -2.11. The number of benzene rings is 2. The molecule has 2 aromatic rings. The van der Waals surface area contributed by atoms with Crippen LogP contribution < -0.4 is 16.8 Å². The second kappa shape index (κ2) is 6.67. The number of hydrogen-bond donors (Lipinski definition) is 3. The fourth-order valence-electron chi connectivity index (χ4n) is 2.11. The first-order valence-corrected chi connectivity index (χ1v) is 6.61. The number of anilines is 1. The van der Waals surface area contributed by atoms with Gasteiger partial charge in [0.15, 0.2) is 0 Å². The summed E-state index contributed by atoms with van der Waals surface area (Å²) in [5.41, 5.74) is 12.9. The molecular formula is C16H17N3O2. The highest BCUT2D eigenvalue weighted by atomic mass is 16.2. The van der Waals surface area contributed by atoms with Crippen molar-refractivity contribution >= 4 is 17.5 Å². The van der Waals surface area contributed by atoms with Gasteiger partial charge in [0.2, 0.25) is 0 Å². The zero-order chi connectivity index (χ0) is 15.2. The Hall–Kier alpha value is -2.66. The van der Waals surface area contributed by atoms with Gasteiger partial charge in [-0.3, -0.25) is 9.59 Å². The molecule has 0 bridgehead atoms. The van der Waals surface area contributed by atoms with Gasteiger partial charge in [-0.1, -0.05) is 30.3 Å². The fraction of sp³-hybridized carbons (Fsp3) is 0.125. The average Bonchev–Trinajstić information content (AvgIpc) is 2.48. The van der Waals surface area contributed by atoms with Crippen LogP contribution in [-0.4, -0.2) is 18.4 Å². The lowest BCUT2D eigenvalue weighted by Crippen LogP contribution is -2.19. The van der Waals surface area contributed by atoms with E-state index in [0.29, 0.717) is 24.2 Å². The summed E-state index contributed by atoms with van der Waals surface area (Å²) >= 11 is 0. The van der Waals surface area contributed by atoms with Gasteiger partial charge in [0.1, 0.15) is 0 Å². The van der Waals surface area contributed by atoms with E-state index in [1.807, 2.05) is 12.1 Å². The molecule has 0 heterocycles. The number of carbonyl (C=O) groups excluding carboxylic acids is 2. The van der Waals surface area contributed by atoms with Gasteiger partial charge in [-0.05, 0) is 36.7 Å². The lowest BCUT2D eigenvalue weighted by molar-refractivity contribution is 0.100. The van der Waals surface area contributed by atoms with Crippen molar-refractivity contribution in [3.63, 3.8) is 0 Å². The van der Waals surface area contributed by atoms with Gasteiger partial charge in [-0.15, -0.1) is 0 Å². The van der Waals surface area contributed by atoms with Crippen molar-refractivity contribution in [3.05, 3.63) is 65.2 Å². The van der Waals surface area contributed by atoms with Crippen LogP contribution in [0.2, 0.25) is 0 Å². The molecule has 0 spiro atoms. The molecule has 21 heavy (non-hydrogen) atoms. The SMILES string of the molecule is NCCc1ccccc1C(=O)Nc1ccccc1C(N)=O. The van der Waals surface area contributed by atoms with Crippen LogP contribution in [-0.2, 0) is 6.42 Å². The zero-order valence-corrected chi connectivity index (χ0v) is 11.5. The van der Waals surface area contributed by atoms with Crippen LogP contribution in [0.5, 0.6) is 0 Å². The third kappa shape index (κ3) is 3.46. The fourth-order valence-corrected chi connectivity index (χ4v) is 2.11. The van der Waals surface area contributed by atoms with Gasteiger partial charge >= 0.3 is 0 Å². The zero-order valence-electron chi connectivity index (χ0n) is 11.5. The summed E-state index contributed by atoms with van der Waals surface area (Å²) in [4.78, 5) is 23.7. The van der Waals surface area contributed by atoms with E-state index >= 15 is 0 Å². The number of rotatable bonds is 5. The van der Waals surface area contributed by atoms with Crippen molar-refractivity contribution in [2.24, 2.45) is 11.5 Å². The average molecular weight is 283 g/mol. The van der Waals surface area contributed by atoms with E-state index in [0.717, 1.165) is 5.56 Å². The molecule has 0 saturated heterocycles. The van der Waals surface area contributed by atoms with Crippen LogP contribution in [0.1, 0.15) is 26.3 Å². The second-order valence-electron chi connectivity index (χ2n) is 4.56. The number of amides is 2. The van der Waals surface area contributed by atoms with Crippen LogP contribution in [0.25, 0.3) is 0 Å². The first-order valence-electron chi connectivity index (χ1n) is 6.61. The quantitative estimate of drug-likeness (QED) is 0.776. The number of nitrogens with one attached hydrogen (secondary N) is 1. The molecule has 0 aliphatic rings. The molecular weight excluding hydrogens is 266 g/mol. The lowest BCUT2D eigenvalue weighted by atomic mass is 10.0. The Balaban J connectivity index is 2.29. The molecule has 0 aliphatic carbocycles. The summed E-state index contributed by atoms with van der Waals surface area (Å²) in [6, 6.07) is 13.9. The van der Waals surface area contributed by atoms with Crippen LogP contribution in [0.4, 0.5) is 5.69 Å². The minimum atomic E-state index is -0.582. The van der Waals surface area contributed by atoms with Crippen molar-refractivity contribution < 1.29 is 9.59 Å². The number of para-hydroxylation sites is 1. The standard InChI is InChI=1S/C16H17N3O2/c17-10-9-11-5-1-2-6-12(11)16(21)19-14-8-4-3-7-13(14)15(18)20/h1-8H,9-10,17H2,(H2,18,20)(H,19,21). The third-order valence-corrected chi connectivity index (χ3v) is 3.12. The molecule has 0 radical (unpaired) electrons. The Kier molecular flexibility index (Phi) is 4.68. The van der Waals surface area contributed by atoms with E-state index in [-0.39, 0.29) is 11.5 Å². The Morgan fingerprint density at radius 2 is 1.57 bits per heavy atom. The third-order valence-electron chi connectivity index (χ3n) is 3.12. The maximum Gasteiger partial charge on any atom is 0.255 e. The molecule has 0 aromatic heterocycles. The molecule has 5 heteroatoms. The maximum atomic E-state index is 12.4. The Bertz CT molecular complexity index is 668. The number of hydrogen-bond acceptors (Lipinski definition) is 3. The van der Waals surface area contributed by atoms with Crippen LogP contribution in [0.3, 0.4) is 0 Å². The summed E-state index contributed by atoms with van der Waals surface area (Å²) in [7, 11) is 0. The second-order valence-corrected chi connectivity index (χ2v) is 4.56. The predicted octanol–water partition coefficient (Wildman–Crippen LogP) is 1.54. The van der Waals surface area contributed by atoms with Crippen molar-refractivity contribution in [3.8, 4) is 0 Å². The Morgan fingerprint density at radius 1 is 0.952 bits per heavy atom. The Morgan fingerprint density at radius 3 is 2.24 bits per heavy atom. The van der Waals surface area contributed by atoms with Gasteiger partial charge in [0, 0.05) is 5.56 Å². The minimum absolute atomic E-state index is 0.280. The van der Waals surface area contributed by atoms with Gasteiger partial charge in [0.05, 0.1) is 11.3 Å². The summed E-state index contributed by atoms with van der Waals surface area (Å²) in [5.74, 6) is -0.867. The number of nitrogens with two attached hydrogens (primary N) is 2. The van der Waals surface area contributed by atoms with Crippen LogP contribution >= 0.6 is 0 Å². The van der Waals surface area contributed by atoms with E-state index in [9.17, 15) is 9.59 Å². The highest BCUT2D eigenvalue weighted by Gasteiger charge is 2.14. The topological polar surface area (TPSA) is 98.2 Å². The predicted molar refractivity (Wildman–Crippen MR) is 82.1 cm³/mol. The smallest absolute Gasteiger partial charge is 0.255 e. The van der Waals surface area contributed by atoms with Gasteiger partial charge < -0.3 is 16.8 Å². The molecule has 2 rings (SSSR count). The molecule has 0 atom stereocenters. The summed E-state index contributed by atoms with van der Waals surface area (Å²) in [6.07, 6.45) is 0.612. The summed E-state index contributed by atoms with van der Waals surface area (Å²) in [5, 5.41) is 2.73. The van der Waals surface area contributed by atoms with E-state index in [2.05, 4.69) is 5.32 Å². The van der Waals surface area contributed by atoms with Gasteiger partial charge in [0.25, 0.3) is 11.8 Å². The Labute approximate surface area is 123 Å². The van der Waals surface area contributed by atoms with E-state index in [1.165, 1.54) is 0 Å². The van der Waals surface area contributed by atoms with E-state index in [4.69, 9.17) is 11.5 Å². The summed E-state index contributed by atoms with van der Waals surface area (Å²) in [6.45, 7) is 0.460. The normalized spacial score (nSPS) is 10.1. The monoisotopic (exact) mass is 283 g/mol. The molecule has 0 unspecified atom stereocenters. The van der Waals surface area contributed by atoms with E-state index in [1.54, 1.807) is 36.4 Å². The van der Waals surface area contributed by atoms with Crippen molar-refractivity contribution in [2.45, 2.75) is 6.42 Å². The minimum Gasteiger partial charge on any atom is -0.366 e. The largest absolute Gasteiger partial charge is 0.366 e. The number of carbonyl (C=O) groups is 2. The van der Waals surface area contributed by atoms with Crippen molar-refractivity contribution in [1.82, 2.24) is 0 Å². The molecule has 5 N–H and O–H groups in total. The first kappa shape index (κ1) is 14.7. The molecule has 2 aromatic carbocycles. The van der Waals surface area contributed by atoms with E-state index < -0.39 is 5.91 Å². The van der Waals surface area contributed by atoms with Gasteiger partial charge in [-0.25, -0.2) is 0 Å². The van der Waals surface area contributed by atoms with Gasteiger partial charge in [-0.2, -0.15) is 0 Å². The molecule has 2 amide bonds. The first-order chi connectivity index (χ1) is 10.1. The molecule has 5 nitrogen and oxygen atoms in total. The van der Waals surface area contributed by atoms with Crippen LogP contribution in [0.15, 0.2) is 48.5 Å². The number of primary amides is 1. The van der Waals surface area contributed by atoms with Crippen LogP contribution in [0, 0.1) is 0 Å². The molecule has 0 saturated carbocycles. The highest BCUT2D eigenvalue weighted by Crippen LogP contribution is 2.17. The van der Waals surface area contributed by atoms with Crippen molar-refractivity contribution in [1.29, 1.82) is 0 Å². The maximum absolute atomic E-state index is 12.4. The molecule has 0 aliphatic heterocycles. The van der Waals surface area contributed by atoms with Crippen molar-refractivity contribution in [2.75, 3.05) is 11.9 Å².